The Morgan fingerprint density at radius 2 is 1.94 bits per heavy atom. The highest BCUT2D eigenvalue weighted by Crippen LogP contribution is 2.47. The van der Waals surface area contributed by atoms with Crippen LogP contribution in [-0.4, -0.2) is 11.1 Å². The van der Waals surface area contributed by atoms with Crippen molar-refractivity contribution in [3.05, 3.63) is 41.5 Å². The number of benzene rings is 1. The predicted molar refractivity (Wildman–Crippen MR) is 68.5 cm³/mol. The minimum absolute atomic E-state index is 0.160. The van der Waals surface area contributed by atoms with Crippen molar-refractivity contribution in [1.29, 1.82) is 0 Å². The molecule has 1 unspecified atom stereocenters. The second-order valence-corrected chi connectivity index (χ2v) is 5.00. The Kier molecular flexibility index (Phi) is 3.32. The van der Waals surface area contributed by atoms with E-state index in [2.05, 4.69) is 32.1 Å². The van der Waals surface area contributed by atoms with Crippen molar-refractivity contribution in [3.63, 3.8) is 0 Å². The van der Waals surface area contributed by atoms with Gasteiger partial charge in [-0.1, -0.05) is 55.8 Å². The summed E-state index contributed by atoms with van der Waals surface area (Å²) in [6, 6.07) is 10.1. The fourth-order valence-electron chi connectivity index (χ4n) is 2.28. The lowest BCUT2D eigenvalue weighted by Gasteiger charge is -2.11. The lowest BCUT2D eigenvalue weighted by molar-refractivity contribution is -0.138. The fourth-order valence-corrected chi connectivity index (χ4v) is 2.28. The highest BCUT2D eigenvalue weighted by atomic mass is 16.4. The van der Waals surface area contributed by atoms with Crippen molar-refractivity contribution in [3.8, 4) is 0 Å². The molecule has 0 spiro atoms. The molecule has 0 heterocycles. The second-order valence-electron chi connectivity index (χ2n) is 5.00. The molecule has 1 N–H and O–H groups in total. The number of allylic oxidation sites excluding steroid dienone is 1. The minimum Gasteiger partial charge on any atom is -0.481 e. The number of carboxylic acid groups (broad SMARTS) is 1. The normalized spacial score (nSPS) is 23.8. The Labute approximate surface area is 102 Å². The molecule has 1 aromatic rings. The molecule has 0 bridgehead atoms. The Morgan fingerprint density at radius 1 is 1.29 bits per heavy atom. The second kappa shape index (κ2) is 4.74. The fraction of sp³-hybridized carbons (Fsp3) is 0.400. The van der Waals surface area contributed by atoms with Crippen molar-refractivity contribution < 1.29 is 9.90 Å². The minimum atomic E-state index is -0.658. The molecule has 2 rings (SSSR count). The molecule has 17 heavy (non-hydrogen) atoms. The Balaban J connectivity index is 2.20. The van der Waals surface area contributed by atoms with Gasteiger partial charge in [0.25, 0.3) is 0 Å². The van der Waals surface area contributed by atoms with Crippen LogP contribution < -0.4 is 0 Å². The third-order valence-corrected chi connectivity index (χ3v) is 3.34. The van der Waals surface area contributed by atoms with Crippen molar-refractivity contribution in [2.75, 3.05) is 0 Å². The summed E-state index contributed by atoms with van der Waals surface area (Å²) in [6.45, 7) is 4.26. The zero-order valence-electron chi connectivity index (χ0n) is 10.3. The summed E-state index contributed by atoms with van der Waals surface area (Å²) in [5.41, 5.74) is 2.43. The van der Waals surface area contributed by atoms with Crippen LogP contribution in [0.1, 0.15) is 25.8 Å². The summed E-state index contributed by atoms with van der Waals surface area (Å²) in [5, 5.41) is 8.99. The van der Waals surface area contributed by atoms with Gasteiger partial charge in [-0.15, -0.1) is 0 Å². The average molecular weight is 230 g/mol. The van der Waals surface area contributed by atoms with Gasteiger partial charge in [-0.25, -0.2) is 0 Å². The smallest absolute Gasteiger partial charge is 0.307 e. The van der Waals surface area contributed by atoms with Crippen LogP contribution in [-0.2, 0) is 4.79 Å². The molecule has 2 heteroatoms. The standard InChI is InChI=1S/C15H18O2/c1-10(2)12(13-9-14(13)15(16)17)8-11-6-4-3-5-7-11/h3-8,10,13-14H,9H2,1-2H3,(H,16,17)/t13-,14?/m0/s1. The molecule has 1 fully saturated rings. The van der Waals surface area contributed by atoms with Gasteiger partial charge >= 0.3 is 5.97 Å². The van der Waals surface area contributed by atoms with Gasteiger partial charge in [-0.3, -0.25) is 4.79 Å². The predicted octanol–water partition coefficient (Wildman–Crippen LogP) is 3.45. The summed E-state index contributed by atoms with van der Waals surface area (Å²) in [7, 11) is 0. The first-order valence-corrected chi connectivity index (χ1v) is 6.09. The quantitative estimate of drug-likeness (QED) is 0.860. The molecule has 1 saturated carbocycles. The third kappa shape index (κ3) is 2.76. The molecule has 2 atom stereocenters. The molecular weight excluding hydrogens is 212 g/mol. The van der Waals surface area contributed by atoms with Crippen LogP contribution in [0.5, 0.6) is 0 Å². The maximum absolute atomic E-state index is 10.9. The summed E-state index contributed by atoms with van der Waals surface area (Å²) in [5.74, 6) is -0.167. The average Bonchev–Trinajstić information content (AvgIpc) is 3.07. The summed E-state index contributed by atoms with van der Waals surface area (Å²) < 4.78 is 0. The van der Waals surface area contributed by atoms with Crippen molar-refractivity contribution in [2.45, 2.75) is 20.3 Å². The first kappa shape index (κ1) is 11.9. The van der Waals surface area contributed by atoms with Gasteiger partial charge in [0.15, 0.2) is 0 Å². The molecule has 1 aromatic carbocycles. The van der Waals surface area contributed by atoms with E-state index in [0.717, 1.165) is 12.0 Å². The topological polar surface area (TPSA) is 37.3 Å². The van der Waals surface area contributed by atoms with Gasteiger partial charge in [0, 0.05) is 0 Å². The van der Waals surface area contributed by atoms with E-state index >= 15 is 0 Å². The van der Waals surface area contributed by atoms with E-state index < -0.39 is 5.97 Å². The van der Waals surface area contributed by atoms with Crippen molar-refractivity contribution >= 4 is 12.0 Å². The van der Waals surface area contributed by atoms with Crippen LogP contribution >= 0.6 is 0 Å². The lowest BCUT2D eigenvalue weighted by atomic mass is 9.95. The third-order valence-electron chi connectivity index (χ3n) is 3.34. The van der Waals surface area contributed by atoms with Crippen molar-refractivity contribution in [1.82, 2.24) is 0 Å². The van der Waals surface area contributed by atoms with Crippen LogP contribution in [0.15, 0.2) is 35.9 Å². The van der Waals surface area contributed by atoms with Crippen molar-refractivity contribution in [2.24, 2.45) is 17.8 Å². The van der Waals surface area contributed by atoms with E-state index in [9.17, 15) is 4.79 Å². The van der Waals surface area contributed by atoms with E-state index in [0.29, 0.717) is 5.92 Å². The summed E-state index contributed by atoms with van der Waals surface area (Å²) in [6.07, 6.45) is 2.95. The van der Waals surface area contributed by atoms with E-state index in [1.165, 1.54) is 5.57 Å². The Morgan fingerprint density at radius 3 is 2.41 bits per heavy atom. The van der Waals surface area contributed by atoms with Gasteiger partial charge in [0.1, 0.15) is 0 Å². The number of hydrogen-bond donors (Lipinski definition) is 1. The first-order valence-electron chi connectivity index (χ1n) is 6.09. The van der Waals surface area contributed by atoms with Crippen LogP contribution in [0, 0.1) is 17.8 Å². The highest BCUT2D eigenvalue weighted by molar-refractivity contribution is 5.75. The maximum Gasteiger partial charge on any atom is 0.307 e. The SMILES string of the molecule is CC(C)C(=Cc1ccccc1)[C@@H]1CC1C(=O)O. The molecule has 0 aromatic heterocycles. The molecule has 1 aliphatic carbocycles. The van der Waals surface area contributed by atoms with E-state index in [4.69, 9.17) is 5.11 Å². The zero-order valence-corrected chi connectivity index (χ0v) is 10.3. The van der Waals surface area contributed by atoms with E-state index in [1.54, 1.807) is 0 Å². The Hall–Kier alpha value is -1.57. The molecular formula is C15H18O2. The molecule has 1 aliphatic rings. The zero-order chi connectivity index (χ0) is 12.4. The van der Waals surface area contributed by atoms with Crippen LogP contribution in [0.3, 0.4) is 0 Å². The van der Waals surface area contributed by atoms with E-state index in [1.807, 2.05) is 18.2 Å². The molecule has 2 nitrogen and oxygen atoms in total. The number of carbonyl (C=O) groups is 1. The first-order chi connectivity index (χ1) is 8.09. The van der Waals surface area contributed by atoms with E-state index in [-0.39, 0.29) is 11.8 Å². The lowest BCUT2D eigenvalue weighted by Crippen LogP contribution is -2.04. The maximum atomic E-state index is 10.9. The van der Waals surface area contributed by atoms with Crippen LogP contribution in [0.2, 0.25) is 0 Å². The van der Waals surface area contributed by atoms with Gasteiger partial charge in [0.2, 0.25) is 0 Å². The molecule has 0 amide bonds. The Bertz CT molecular complexity index is 431. The highest BCUT2D eigenvalue weighted by Gasteiger charge is 2.45. The van der Waals surface area contributed by atoms with Gasteiger partial charge < -0.3 is 5.11 Å². The molecule has 0 aliphatic heterocycles. The van der Waals surface area contributed by atoms with Gasteiger partial charge in [-0.05, 0) is 23.8 Å². The molecule has 90 valence electrons. The van der Waals surface area contributed by atoms with Gasteiger partial charge in [0.05, 0.1) is 5.92 Å². The summed E-state index contributed by atoms with van der Waals surface area (Å²) >= 11 is 0. The number of aliphatic carboxylic acids is 1. The molecule has 0 saturated heterocycles. The number of hydrogen-bond acceptors (Lipinski definition) is 1. The largest absolute Gasteiger partial charge is 0.481 e. The van der Waals surface area contributed by atoms with Crippen LogP contribution in [0.4, 0.5) is 0 Å². The monoisotopic (exact) mass is 230 g/mol. The molecule has 0 radical (unpaired) electrons. The summed E-state index contributed by atoms with van der Waals surface area (Å²) in [4.78, 5) is 10.9. The van der Waals surface area contributed by atoms with Crippen LogP contribution in [0.25, 0.3) is 6.08 Å². The van der Waals surface area contributed by atoms with Gasteiger partial charge in [-0.2, -0.15) is 0 Å². The number of rotatable bonds is 4. The number of carboxylic acids is 1.